The van der Waals surface area contributed by atoms with Crippen LogP contribution in [-0.2, 0) is 11.3 Å². The molecular formula is C13H21N3O4. The van der Waals surface area contributed by atoms with Gasteiger partial charge in [-0.2, -0.15) is 0 Å². The van der Waals surface area contributed by atoms with E-state index in [1.165, 1.54) is 0 Å². The van der Waals surface area contributed by atoms with Crippen LogP contribution in [-0.4, -0.2) is 49.6 Å². The van der Waals surface area contributed by atoms with Crippen LogP contribution in [0.15, 0.2) is 23.4 Å². The third kappa shape index (κ3) is 5.04. The molecule has 0 radical (unpaired) electrons. The maximum Gasteiger partial charge on any atom is 0.170 e. The minimum atomic E-state index is 0.0235. The number of nitrogens with zero attached hydrogens (tertiary/aromatic N) is 1. The van der Waals surface area contributed by atoms with Crippen LogP contribution in [0.25, 0.3) is 0 Å². The van der Waals surface area contributed by atoms with E-state index in [0.29, 0.717) is 31.9 Å². The molecule has 7 nitrogen and oxygen atoms in total. The minimum absolute atomic E-state index is 0.0235. The Bertz CT molecular complexity index is 438. The molecule has 0 saturated carbocycles. The average Bonchev–Trinajstić information content (AvgIpc) is 2.49. The van der Waals surface area contributed by atoms with E-state index in [1.54, 1.807) is 25.3 Å². The number of nitrogens with one attached hydrogen (secondary N) is 1. The predicted octanol–water partition coefficient (Wildman–Crippen LogP) is -0.112. The van der Waals surface area contributed by atoms with Crippen LogP contribution in [0.2, 0.25) is 0 Å². The topological polar surface area (TPSA) is 109 Å². The zero-order valence-corrected chi connectivity index (χ0v) is 11.5. The first-order chi connectivity index (χ1) is 9.72. The standard InChI is InChI=1S/C13H21N3O4/c1-19-12-3-2-10(13(14)16-18)8-11(12)9-15-4-6-20-7-5-17/h2-3,8,15,17-18H,4-7,9H2,1H3,(H2,14,16). The fourth-order valence-electron chi connectivity index (χ4n) is 1.67. The number of ether oxygens (including phenoxy) is 2. The average molecular weight is 283 g/mol. The summed E-state index contributed by atoms with van der Waals surface area (Å²) in [6.45, 7) is 2.09. The Balaban J connectivity index is 2.58. The van der Waals surface area contributed by atoms with E-state index in [9.17, 15) is 0 Å². The lowest BCUT2D eigenvalue weighted by Crippen LogP contribution is -2.21. The van der Waals surface area contributed by atoms with E-state index >= 15 is 0 Å². The summed E-state index contributed by atoms with van der Waals surface area (Å²) in [6.07, 6.45) is 0. The van der Waals surface area contributed by atoms with Crippen LogP contribution >= 0.6 is 0 Å². The quantitative estimate of drug-likeness (QED) is 0.165. The van der Waals surface area contributed by atoms with Crippen molar-refractivity contribution >= 4 is 5.84 Å². The van der Waals surface area contributed by atoms with Crippen LogP contribution in [0, 0.1) is 0 Å². The molecule has 112 valence electrons. The zero-order chi connectivity index (χ0) is 14.8. The first-order valence-electron chi connectivity index (χ1n) is 6.27. The summed E-state index contributed by atoms with van der Waals surface area (Å²) in [5.41, 5.74) is 7.09. The molecule has 0 aromatic heterocycles. The summed E-state index contributed by atoms with van der Waals surface area (Å²) in [6, 6.07) is 5.30. The number of aliphatic hydroxyl groups is 1. The van der Waals surface area contributed by atoms with Crippen molar-refractivity contribution in [3.05, 3.63) is 29.3 Å². The van der Waals surface area contributed by atoms with Crippen LogP contribution < -0.4 is 15.8 Å². The van der Waals surface area contributed by atoms with Gasteiger partial charge in [0.2, 0.25) is 0 Å². The second kappa shape index (κ2) is 9.13. The van der Waals surface area contributed by atoms with Gasteiger partial charge in [-0.15, -0.1) is 0 Å². The molecule has 0 aliphatic rings. The van der Waals surface area contributed by atoms with Gasteiger partial charge < -0.3 is 30.8 Å². The third-order valence-corrected chi connectivity index (χ3v) is 2.66. The summed E-state index contributed by atoms with van der Waals surface area (Å²) < 4.78 is 10.4. The molecule has 1 aromatic rings. The molecule has 0 amide bonds. The highest BCUT2D eigenvalue weighted by Gasteiger charge is 2.07. The second-order valence-corrected chi connectivity index (χ2v) is 4.02. The van der Waals surface area contributed by atoms with Gasteiger partial charge >= 0.3 is 0 Å². The van der Waals surface area contributed by atoms with Crippen LogP contribution in [0.4, 0.5) is 0 Å². The van der Waals surface area contributed by atoms with Gasteiger partial charge in [0.05, 0.1) is 26.9 Å². The lowest BCUT2D eigenvalue weighted by atomic mass is 10.1. The highest BCUT2D eigenvalue weighted by Crippen LogP contribution is 2.19. The van der Waals surface area contributed by atoms with E-state index in [2.05, 4.69) is 10.5 Å². The van der Waals surface area contributed by atoms with E-state index in [4.69, 9.17) is 25.5 Å². The summed E-state index contributed by atoms with van der Waals surface area (Å²) in [5.74, 6) is 0.781. The van der Waals surface area contributed by atoms with E-state index in [-0.39, 0.29) is 12.4 Å². The molecule has 7 heteroatoms. The second-order valence-electron chi connectivity index (χ2n) is 4.02. The van der Waals surface area contributed by atoms with E-state index < -0.39 is 0 Å². The van der Waals surface area contributed by atoms with Gasteiger partial charge in [-0.25, -0.2) is 0 Å². The van der Waals surface area contributed by atoms with Gasteiger partial charge in [-0.05, 0) is 18.2 Å². The monoisotopic (exact) mass is 283 g/mol. The lowest BCUT2D eigenvalue weighted by molar-refractivity contribution is 0.0938. The lowest BCUT2D eigenvalue weighted by Gasteiger charge is -2.11. The fourth-order valence-corrected chi connectivity index (χ4v) is 1.67. The molecule has 0 atom stereocenters. The number of aliphatic hydroxyl groups excluding tert-OH is 1. The molecule has 1 aromatic carbocycles. The predicted molar refractivity (Wildman–Crippen MR) is 75.1 cm³/mol. The molecule has 0 saturated heterocycles. The summed E-state index contributed by atoms with van der Waals surface area (Å²) in [4.78, 5) is 0. The number of rotatable bonds is 9. The Morgan fingerprint density at radius 3 is 2.85 bits per heavy atom. The molecule has 20 heavy (non-hydrogen) atoms. The molecule has 0 aliphatic heterocycles. The van der Waals surface area contributed by atoms with E-state index in [1.807, 2.05) is 0 Å². The number of hydrogen-bond acceptors (Lipinski definition) is 6. The normalized spacial score (nSPS) is 11.6. The van der Waals surface area contributed by atoms with Crippen molar-refractivity contribution in [3.63, 3.8) is 0 Å². The number of benzene rings is 1. The highest BCUT2D eigenvalue weighted by atomic mass is 16.5. The molecule has 0 heterocycles. The number of amidine groups is 1. The van der Waals surface area contributed by atoms with Crippen molar-refractivity contribution in [2.45, 2.75) is 6.54 Å². The Morgan fingerprint density at radius 2 is 2.20 bits per heavy atom. The maximum atomic E-state index is 8.68. The van der Waals surface area contributed by atoms with Crippen LogP contribution in [0.5, 0.6) is 5.75 Å². The Labute approximate surface area is 118 Å². The molecular weight excluding hydrogens is 262 g/mol. The Morgan fingerprint density at radius 1 is 1.40 bits per heavy atom. The van der Waals surface area contributed by atoms with Gasteiger partial charge in [0.25, 0.3) is 0 Å². The van der Waals surface area contributed by atoms with Crippen LogP contribution in [0.3, 0.4) is 0 Å². The van der Waals surface area contributed by atoms with E-state index in [0.717, 1.165) is 11.3 Å². The molecule has 5 N–H and O–H groups in total. The molecule has 1 rings (SSSR count). The van der Waals surface area contributed by atoms with Crippen molar-refractivity contribution in [1.82, 2.24) is 5.32 Å². The molecule has 0 spiro atoms. The van der Waals surface area contributed by atoms with Crippen molar-refractivity contribution in [3.8, 4) is 5.75 Å². The zero-order valence-electron chi connectivity index (χ0n) is 11.5. The molecule has 0 bridgehead atoms. The number of oxime groups is 1. The molecule has 0 aliphatic carbocycles. The van der Waals surface area contributed by atoms with Gasteiger partial charge in [0.1, 0.15) is 5.75 Å². The summed E-state index contributed by atoms with van der Waals surface area (Å²) in [5, 5.41) is 23.4. The van der Waals surface area contributed by atoms with Crippen molar-refractivity contribution in [2.75, 3.05) is 33.5 Å². The van der Waals surface area contributed by atoms with Crippen molar-refractivity contribution < 1.29 is 19.8 Å². The first-order valence-corrected chi connectivity index (χ1v) is 6.27. The minimum Gasteiger partial charge on any atom is -0.496 e. The largest absolute Gasteiger partial charge is 0.496 e. The molecule has 0 fully saturated rings. The SMILES string of the molecule is COc1ccc(/C(N)=N/O)cc1CNCCOCCO. The number of nitrogens with two attached hydrogens (primary N) is 1. The Kier molecular flexibility index (Phi) is 7.41. The first kappa shape index (κ1) is 16.2. The van der Waals surface area contributed by atoms with Gasteiger partial charge in [-0.1, -0.05) is 5.16 Å². The Hall–Kier alpha value is -1.83. The van der Waals surface area contributed by atoms with Gasteiger partial charge in [0, 0.05) is 24.2 Å². The summed E-state index contributed by atoms with van der Waals surface area (Å²) in [7, 11) is 1.59. The molecule has 0 unspecified atom stereocenters. The summed E-state index contributed by atoms with van der Waals surface area (Å²) >= 11 is 0. The smallest absolute Gasteiger partial charge is 0.170 e. The van der Waals surface area contributed by atoms with Gasteiger partial charge in [0.15, 0.2) is 5.84 Å². The van der Waals surface area contributed by atoms with Crippen LogP contribution in [0.1, 0.15) is 11.1 Å². The van der Waals surface area contributed by atoms with Crippen molar-refractivity contribution in [2.24, 2.45) is 10.9 Å². The highest BCUT2D eigenvalue weighted by molar-refractivity contribution is 5.97. The van der Waals surface area contributed by atoms with Crippen molar-refractivity contribution in [1.29, 1.82) is 0 Å². The number of methoxy groups -OCH3 is 1. The number of hydrogen-bond donors (Lipinski definition) is 4. The maximum absolute atomic E-state index is 8.68. The fraction of sp³-hybridized carbons (Fsp3) is 0.462. The third-order valence-electron chi connectivity index (χ3n) is 2.66. The van der Waals surface area contributed by atoms with Gasteiger partial charge in [-0.3, -0.25) is 0 Å².